The van der Waals surface area contributed by atoms with Crippen molar-refractivity contribution < 1.29 is 0 Å². The van der Waals surface area contributed by atoms with Crippen LogP contribution in [0.4, 0.5) is 0 Å². The Morgan fingerprint density at radius 3 is 1.21 bits per heavy atom. The maximum absolute atomic E-state index is 5.48. The lowest BCUT2D eigenvalue weighted by Gasteiger charge is -2.14. The van der Waals surface area contributed by atoms with Crippen molar-refractivity contribution in [3.8, 4) is 73.5 Å². The highest BCUT2D eigenvalue weighted by Crippen LogP contribution is 2.44. The fourth-order valence-electron chi connectivity index (χ4n) is 11.4. The van der Waals surface area contributed by atoms with Gasteiger partial charge in [-0.1, -0.05) is 212 Å². The standard InChI is InChI=1S/C69H44N6/c1-4-18-45(19-5-1)50-24-16-25-51(42-50)47-34-36-49(37-35-47)68-70-67(48-22-8-3-9-23-48)71-69(72-68)75-63-33-15-12-30-57(63)58-39-40-59-60-44-54(73-61-31-13-10-28-55(61)56-29-11-14-32-62(56)73)38-41-64(60)74(65(59)66(58)75)53-27-17-26-52(43-53)46-20-6-2-7-21-46/h1-44H. The minimum Gasteiger partial charge on any atom is -0.309 e. The summed E-state index contributed by atoms with van der Waals surface area (Å²) in [6.45, 7) is 0. The summed E-state index contributed by atoms with van der Waals surface area (Å²) in [7, 11) is 0. The molecular weight excluding hydrogens is 913 g/mol. The first-order valence-electron chi connectivity index (χ1n) is 25.4. The number of rotatable bonds is 8. The Morgan fingerprint density at radius 2 is 0.613 bits per heavy atom. The summed E-state index contributed by atoms with van der Waals surface area (Å²) in [4.78, 5) is 16.1. The van der Waals surface area contributed by atoms with Gasteiger partial charge in [0.05, 0.1) is 33.1 Å². The van der Waals surface area contributed by atoms with Crippen LogP contribution in [0.5, 0.6) is 0 Å². The van der Waals surface area contributed by atoms with Crippen molar-refractivity contribution in [3.05, 3.63) is 267 Å². The van der Waals surface area contributed by atoms with Crippen molar-refractivity contribution in [1.29, 1.82) is 0 Å². The van der Waals surface area contributed by atoms with Gasteiger partial charge in [-0.15, -0.1) is 0 Å². The van der Waals surface area contributed by atoms with Gasteiger partial charge in [0.2, 0.25) is 5.95 Å². The molecule has 75 heavy (non-hydrogen) atoms. The summed E-state index contributed by atoms with van der Waals surface area (Å²) in [6, 6.07) is 95.3. The van der Waals surface area contributed by atoms with Crippen LogP contribution in [0, 0.1) is 0 Å². The van der Waals surface area contributed by atoms with Crippen LogP contribution in [0.25, 0.3) is 139 Å². The molecule has 0 aliphatic carbocycles. The van der Waals surface area contributed by atoms with Gasteiger partial charge in [-0.05, 0) is 88.0 Å². The summed E-state index contributed by atoms with van der Waals surface area (Å²) >= 11 is 0. The van der Waals surface area contributed by atoms with Crippen molar-refractivity contribution in [1.82, 2.24) is 28.7 Å². The maximum Gasteiger partial charge on any atom is 0.238 e. The minimum atomic E-state index is 0.540. The molecule has 0 saturated carbocycles. The predicted octanol–water partition coefficient (Wildman–Crippen LogP) is 17.5. The first-order chi connectivity index (χ1) is 37.2. The fourth-order valence-corrected chi connectivity index (χ4v) is 11.4. The fraction of sp³-hybridized carbons (Fsp3) is 0. The largest absolute Gasteiger partial charge is 0.309 e. The van der Waals surface area contributed by atoms with E-state index in [-0.39, 0.29) is 0 Å². The molecule has 0 saturated heterocycles. The van der Waals surface area contributed by atoms with E-state index in [0.717, 1.165) is 88.4 Å². The van der Waals surface area contributed by atoms with Gasteiger partial charge in [0.25, 0.3) is 0 Å². The van der Waals surface area contributed by atoms with Crippen molar-refractivity contribution >= 4 is 65.4 Å². The van der Waals surface area contributed by atoms with Gasteiger partial charge < -0.3 is 9.13 Å². The summed E-state index contributed by atoms with van der Waals surface area (Å²) in [5.74, 6) is 1.73. The Balaban J connectivity index is 0.992. The lowest BCUT2D eigenvalue weighted by molar-refractivity contribution is 0.953. The molecule has 0 radical (unpaired) electrons. The van der Waals surface area contributed by atoms with Gasteiger partial charge in [-0.25, -0.2) is 4.98 Å². The molecule has 6 heteroatoms. The molecule has 0 aliphatic heterocycles. The molecule has 0 spiro atoms. The van der Waals surface area contributed by atoms with Gasteiger partial charge in [0.1, 0.15) is 0 Å². The number of aromatic nitrogens is 6. The Morgan fingerprint density at radius 1 is 0.213 bits per heavy atom. The van der Waals surface area contributed by atoms with E-state index in [1.54, 1.807) is 0 Å². The third kappa shape index (κ3) is 6.99. The molecule has 350 valence electrons. The summed E-state index contributed by atoms with van der Waals surface area (Å²) in [5.41, 5.74) is 17.4. The molecule has 11 aromatic carbocycles. The highest BCUT2D eigenvalue weighted by Gasteiger charge is 2.25. The molecule has 4 aromatic heterocycles. The minimum absolute atomic E-state index is 0.540. The van der Waals surface area contributed by atoms with Gasteiger partial charge in [-0.3, -0.25) is 4.57 Å². The van der Waals surface area contributed by atoms with E-state index in [4.69, 9.17) is 15.0 Å². The molecule has 15 rings (SSSR count). The SMILES string of the molecule is c1ccc(-c2cccc(-c3ccc(-c4nc(-c5ccccc5)nc(-n5c6ccccc6c6ccc7c8cc(-n9c%10ccccc%10c%10ccccc%109)ccc8n(-c8cccc(-c9ccccc9)c8)c7c65)n4)cc3)c2)cc1. The van der Waals surface area contributed by atoms with E-state index in [9.17, 15) is 0 Å². The van der Waals surface area contributed by atoms with Crippen LogP contribution >= 0.6 is 0 Å². The molecule has 0 N–H and O–H groups in total. The summed E-state index contributed by atoms with van der Waals surface area (Å²) < 4.78 is 7.14. The van der Waals surface area contributed by atoms with Crippen molar-refractivity contribution in [2.45, 2.75) is 0 Å². The van der Waals surface area contributed by atoms with Gasteiger partial charge in [0.15, 0.2) is 11.6 Å². The van der Waals surface area contributed by atoms with Crippen LogP contribution in [0.3, 0.4) is 0 Å². The zero-order valence-corrected chi connectivity index (χ0v) is 40.6. The molecule has 0 unspecified atom stereocenters. The van der Waals surface area contributed by atoms with Crippen LogP contribution in [-0.2, 0) is 0 Å². The molecule has 0 atom stereocenters. The lowest BCUT2D eigenvalue weighted by Crippen LogP contribution is -2.07. The van der Waals surface area contributed by atoms with Gasteiger partial charge >= 0.3 is 0 Å². The Bertz CT molecular complexity index is 4630. The summed E-state index contributed by atoms with van der Waals surface area (Å²) in [6.07, 6.45) is 0. The molecule has 0 fully saturated rings. The molecular formula is C69H44N6. The normalized spacial score (nSPS) is 11.7. The van der Waals surface area contributed by atoms with E-state index in [1.165, 1.54) is 32.9 Å². The van der Waals surface area contributed by atoms with Crippen LogP contribution in [0.2, 0.25) is 0 Å². The van der Waals surface area contributed by atoms with Gasteiger partial charge in [-0.2, -0.15) is 9.97 Å². The molecule has 6 nitrogen and oxygen atoms in total. The van der Waals surface area contributed by atoms with Crippen LogP contribution in [0.1, 0.15) is 0 Å². The Kier molecular flexibility index (Phi) is 9.78. The zero-order valence-electron chi connectivity index (χ0n) is 40.6. The third-order valence-electron chi connectivity index (χ3n) is 14.9. The predicted molar refractivity (Wildman–Crippen MR) is 310 cm³/mol. The second-order valence-corrected chi connectivity index (χ2v) is 19.2. The number of nitrogens with zero attached hydrogens (tertiary/aromatic N) is 6. The second-order valence-electron chi connectivity index (χ2n) is 19.2. The average molecular weight is 957 g/mol. The molecule has 15 aromatic rings. The number of hydrogen-bond donors (Lipinski definition) is 0. The first-order valence-corrected chi connectivity index (χ1v) is 25.4. The number of fused-ring (bicyclic) bond motifs is 10. The number of hydrogen-bond acceptors (Lipinski definition) is 3. The molecule has 0 aliphatic rings. The second kappa shape index (κ2) is 17.3. The number of benzene rings is 11. The van der Waals surface area contributed by atoms with Gasteiger partial charge in [0, 0.05) is 54.8 Å². The third-order valence-corrected chi connectivity index (χ3v) is 14.9. The molecule has 4 heterocycles. The quantitative estimate of drug-likeness (QED) is 0.152. The highest BCUT2D eigenvalue weighted by molar-refractivity contribution is 6.24. The number of para-hydroxylation sites is 3. The van der Waals surface area contributed by atoms with Crippen molar-refractivity contribution in [3.63, 3.8) is 0 Å². The van der Waals surface area contributed by atoms with Crippen LogP contribution in [-0.4, -0.2) is 28.7 Å². The van der Waals surface area contributed by atoms with E-state index in [2.05, 4.69) is 262 Å². The van der Waals surface area contributed by atoms with E-state index < -0.39 is 0 Å². The molecule has 0 amide bonds. The Hall–Kier alpha value is -10.2. The van der Waals surface area contributed by atoms with E-state index in [1.807, 2.05) is 18.2 Å². The van der Waals surface area contributed by atoms with E-state index in [0.29, 0.717) is 17.6 Å². The molecule has 0 bridgehead atoms. The van der Waals surface area contributed by atoms with Crippen LogP contribution < -0.4 is 0 Å². The Labute approximate surface area is 432 Å². The lowest BCUT2D eigenvalue weighted by atomic mass is 9.98. The van der Waals surface area contributed by atoms with Crippen LogP contribution in [0.15, 0.2) is 267 Å². The maximum atomic E-state index is 5.48. The monoisotopic (exact) mass is 956 g/mol. The smallest absolute Gasteiger partial charge is 0.238 e. The summed E-state index contributed by atoms with van der Waals surface area (Å²) in [5, 5.41) is 6.95. The van der Waals surface area contributed by atoms with E-state index >= 15 is 0 Å². The highest BCUT2D eigenvalue weighted by atomic mass is 15.2. The van der Waals surface area contributed by atoms with Crippen molar-refractivity contribution in [2.75, 3.05) is 0 Å². The average Bonchev–Trinajstić information content (AvgIpc) is 4.18. The van der Waals surface area contributed by atoms with Crippen molar-refractivity contribution in [2.24, 2.45) is 0 Å². The first kappa shape index (κ1) is 42.5. The topological polar surface area (TPSA) is 53.5 Å². The zero-order chi connectivity index (χ0) is 49.4.